The highest BCUT2D eigenvalue weighted by Crippen LogP contribution is 2.22. The molecule has 0 saturated heterocycles. The second-order valence-corrected chi connectivity index (χ2v) is 7.84. The quantitative estimate of drug-likeness (QED) is 0.662. The molecule has 4 nitrogen and oxygen atoms in total. The van der Waals surface area contributed by atoms with Crippen molar-refractivity contribution in [3.63, 3.8) is 0 Å². The first-order valence-electron chi connectivity index (χ1n) is 8.71. The van der Waals surface area contributed by atoms with Crippen LogP contribution in [0.5, 0.6) is 11.5 Å². The summed E-state index contributed by atoms with van der Waals surface area (Å²) in [6.45, 7) is 10.5. The van der Waals surface area contributed by atoms with Crippen LogP contribution in [0.3, 0.4) is 0 Å². The third kappa shape index (κ3) is 5.88. The van der Waals surface area contributed by atoms with E-state index in [1.54, 1.807) is 43.5 Å². The van der Waals surface area contributed by atoms with Crippen molar-refractivity contribution in [2.24, 2.45) is 0 Å². The van der Waals surface area contributed by atoms with Crippen molar-refractivity contribution in [3.8, 4) is 11.5 Å². The summed E-state index contributed by atoms with van der Waals surface area (Å²) >= 11 is 0. The van der Waals surface area contributed by atoms with Crippen molar-refractivity contribution in [1.29, 1.82) is 0 Å². The number of hydrogen-bond donors (Lipinski definition) is 0. The Bertz CT molecular complexity index is 722. The number of ketones is 1. The molecular formula is C22H28O4. The van der Waals surface area contributed by atoms with Crippen molar-refractivity contribution in [1.82, 2.24) is 0 Å². The number of benzene rings is 2. The molecule has 0 spiro atoms. The second kappa shape index (κ2) is 7.92. The molecule has 0 aliphatic carbocycles. The van der Waals surface area contributed by atoms with Crippen LogP contribution in [0, 0.1) is 0 Å². The van der Waals surface area contributed by atoms with Crippen LogP contribution < -0.4 is 9.47 Å². The van der Waals surface area contributed by atoms with Crippen LogP contribution >= 0.6 is 0 Å². The van der Waals surface area contributed by atoms with E-state index < -0.39 is 5.60 Å². The lowest BCUT2D eigenvalue weighted by atomic mass is 10.0. The minimum absolute atomic E-state index is 0.0328. The molecule has 0 aliphatic heterocycles. The first-order valence-corrected chi connectivity index (χ1v) is 8.71. The predicted octanol–water partition coefficient (Wildman–Crippen LogP) is 4.90. The summed E-state index contributed by atoms with van der Waals surface area (Å²) in [6.07, 6.45) is 0. The predicted molar refractivity (Wildman–Crippen MR) is 103 cm³/mol. The zero-order valence-electron chi connectivity index (χ0n) is 16.5. The minimum Gasteiger partial charge on any atom is -0.497 e. The molecule has 0 radical (unpaired) electrons. The van der Waals surface area contributed by atoms with Crippen LogP contribution in [0.15, 0.2) is 48.5 Å². The first kappa shape index (κ1) is 20.0. The fourth-order valence-electron chi connectivity index (χ4n) is 2.32. The number of rotatable bonds is 7. The molecule has 0 unspecified atom stereocenters. The van der Waals surface area contributed by atoms with Gasteiger partial charge in [0.2, 0.25) is 0 Å². The second-order valence-electron chi connectivity index (χ2n) is 7.84. The Balaban J connectivity index is 2.03. The topological polar surface area (TPSA) is 44.8 Å². The summed E-state index contributed by atoms with van der Waals surface area (Å²) in [5.74, 6) is 1.40. The van der Waals surface area contributed by atoms with E-state index in [9.17, 15) is 4.79 Å². The molecule has 0 saturated carbocycles. The average Bonchev–Trinajstić information content (AvgIpc) is 2.59. The van der Waals surface area contributed by atoms with Crippen LogP contribution in [0.2, 0.25) is 0 Å². The van der Waals surface area contributed by atoms with Gasteiger partial charge >= 0.3 is 0 Å². The Labute approximate surface area is 156 Å². The molecule has 26 heavy (non-hydrogen) atoms. The Morgan fingerprint density at radius 1 is 0.808 bits per heavy atom. The summed E-state index contributed by atoms with van der Waals surface area (Å²) in [5, 5.41) is 0. The van der Waals surface area contributed by atoms with Crippen LogP contribution in [-0.4, -0.2) is 30.7 Å². The third-order valence-corrected chi connectivity index (χ3v) is 3.72. The van der Waals surface area contributed by atoms with E-state index in [0.29, 0.717) is 23.5 Å². The fourth-order valence-corrected chi connectivity index (χ4v) is 2.32. The molecule has 0 fully saturated rings. The monoisotopic (exact) mass is 356 g/mol. The van der Waals surface area contributed by atoms with Gasteiger partial charge in [-0.3, -0.25) is 4.79 Å². The third-order valence-electron chi connectivity index (χ3n) is 3.72. The Kier molecular flexibility index (Phi) is 6.09. The highest BCUT2D eigenvalue weighted by Gasteiger charge is 2.24. The van der Waals surface area contributed by atoms with Gasteiger partial charge in [0.05, 0.1) is 19.3 Å². The first-order chi connectivity index (χ1) is 12.1. The number of hydrogen-bond acceptors (Lipinski definition) is 4. The SMILES string of the molecule is COc1ccc(C(=O)c2ccc(OC(C)(C)COC(C)(C)C)cc2)cc1. The van der Waals surface area contributed by atoms with Crippen LogP contribution in [0.4, 0.5) is 0 Å². The van der Waals surface area contributed by atoms with Gasteiger partial charge in [0, 0.05) is 11.1 Å². The largest absolute Gasteiger partial charge is 0.497 e. The average molecular weight is 356 g/mol. The van der Waals surface area contributed by atoms with Gasteiger partial charge in [-0.15, -0.1) is 0 Å². The van der Waals surface area contributed by atoms with Gasteiger partial charge in [0.15, 0.2) is 5.78 Å². The molecule has 2 aromatic rings. The Hall–Kier alpha value is -2.33. The lowest BCUT2D eigenvalue weighted by molar-refractivity contribution is -0.0722. The number of methoxy groups -OCH3 is 1. The zero-order chi connectivity index (χ0) is 19.4. The number of carbonyl (C=O) groups is 1. The van der Waals surface area contributed by atoms with Crippen LogP contribution in [0.25, 0.3) is 0 Å². The molecule has 0 aromatic heterocycles. The van der Waals surface area contributed by atoms with E-state index in [1.165, 1.54) is 0 Å². The lowest BCUT2D eigenvalue weighted by Crippen LogP contribution is -2.37. The standard InChI is InChI=1S/C22H28O4/c1-21(2,3)25-15-22(4,5)26-19-13-9-17(10-14-19)20(23)16-7-11-18(24-6)12-8-16/h7-14H,15H2,1-6H3. The normalized spacial score (nSPS) is 11.9. The highest BCUT2D eigenvalue weighted by molar-refractivity contribution is 6.09. The Morgan fingerprint density at radius 3 is 1.69 bits per heavy atom. The molecule has 2 aromatic carbocycles. The smallest absolute Gasteiger partial charge is 0.193 e. The molecule has 0 aliphatic rings. The van der Waals surface area contributed by atoms with Gasteiger partial charge in [-0.25, -0.2) is 0 Å². The summed E-state index contributed by atoms with van der Waals surface area (Å²) in [4.78, 5) is 12.6. The summed E-state index contributed by atoms with van der Waals surface area (Å²) < 4.78 is 17.0. The van der Waals surface area contributed by atoms with Crippen molar-refractivity contribution >= 4 is 5.78 Å². The molecular weight excluding hydrogens is 328 g/mol. The van der Waals surface area contributed by atoms with Crippen molar-refractivity contribution in [2.45, 2.75) is 45.8 Å². The van der Waals surface area contributed by atoms with Crippen molar-refractivity contribution in [2.75, 3.05) is 13.7 Å². The van der Waals surface area contributed by atoms with Gasteiger partial charge in [-0.1, -0.05) is 0 Å². The van der Waals surface area contributed by atoms with E-state index in [2.05, 4.69) is 0 Å². The summed E-state index contributed by atoms with van der Waals surface area (Å²) in [5.41, 5.74) is 0.564. The van der Waals surface area contributed by atoms with Crippen molar-refractivity contribution < 1.29 is 19.0 Å². The maximum atomic E-state index is 12.6. The fraction of sp³-hybridized carbons (Fsp3) is 0.409. The molecule has 0 atom stereocenters. The van der Waals surface area contributed by atoms with Gasteiger partial charge in [0.25, 0.3) is 0 Å². The van der Waals surface area contributed by atoms with E-state index in [-0.39, 0.29) is 11.4 Å². The number of carbonyl (C=O) groups excluding carboxylic acids is 1. The maximum Gasteiger partial charge on any atom is 0.193 e. The highest BCUT2D eigenvalue weighted by atomic mass is 16.6. The molecule has 0 N–H and O–H groups in total. The molecule has 4 heteroatoms. The molecule has 0 heterocycles. The Morgan fingerprint density at radius 2 is 1.27 bits per heavy atom. The van der Waals surface area contributed by atoms with E-state index in [1.807, 2.05) is 46.8 Å². The molecule has 2 rings (SSSR count). The van der Waals surface area contributed by atoms with E-state index in [0.717, 1.165) is 5.75 Å². The van der Waals surface area contributed by atoms with Crippen LogP contribution in [0.1, 0.15) is 50.5 Å². The van der Waals surface area contributed by atoms with Gasteiger partial charge in [0.1, 0.15) is 17.1 Å². The van der Waals surface area contributed by atoms with Crippen molar-refractivity contribution in [3.05, 3.63) is 59.7 Å². The minimum atomic E-state index is -0.464. The molecule has 140 valence electrons. The summed E-state index contributed by atoms with van der Waals surface area (Å²) in [7, 11) is 1.60. The van der Waals surface area contributed by atoms with Gasteiger partial charge in [-0.05, 0) is 83.1 Å². The lowest BCUT2D eigenvalue weighted by Gasteiger charge is -2.30. The van der Waals surface area contributed by atoms with Gasteiger partial charge in [-0.2, -0.15) is 0 Å². The number of ether oxygens (including phenoxy) is 3. The molecule has 0 bridgehead atoms. The molecule has 0 amide bonds. The van der Waals surface area contributed by atoms with E-state index >= 15 is 0 Å². The maximum absolute atomic E-state index is 12.6. The zero-order valence-corrected chi connectivity index (χ0v) is 16.5. The summed E-state index contributed by atoms with van der Waals surface area (Å²) in [6, 6.07) is 14.3. The van der Waals surface area contributed by atoms with E-state index in [4.69, 9.17) is 14.2 Å². The van der Waals surface area contributed by atoms with Gasteiger partial charge < -0.3 is 14.2 Å². The van der Waals surface area contributed by atoms with Crippen LogP contribution in [-0.2, 0) is 4.74 Å².